The summed E-state index contributed by atoms with van der Waals surface area (Å²) in [6.45, 7) is 16.0. The molecular weight excluding hydrogens is 468 g/mol. The van der Waals surface area contributed by atoms with Gasteiger partial charge in [-0.25, -0.2) is 0 Å². The smallest absolute Gasteiger partial charge is 0.249 e. The summed E-state index contributed by atoms with van der Waals surface area (Å²) in [4.78, 5) is 46.2. The minimum Gasteiger partial charge on any atom is -0.369 e. The minimum absolute atomic E-state index is 0.0291. The maximum absolute atomic E-state index is 14.3. The largest absolute Gasteiger partial charge is 0.369 e. The van der Waals surface area contributed by atoms with Crippen molar-refractivity contribution in [2.24, 2.45) is 23.5 Å². The van der Waals surface area contributed by atoms with Crippen molar-refractivity contribution in [3.8, 4) is 0 Å². The first-order valence-corrected chi connectivity index (χ1v) is 14.0. The van der Waals surface area contributed by atoms with E-state index in [1.807, 2.05) is 12.1 Å². The number of benzene rings is 1. The normalized spacial score (nSPS) is 25.3. The molecule has 0 unspecified atom stereocenters. The number of primary amides is 1. The molecule has 0 saturated carbocycles. The summed E-state index contributed by atoms with van der Waals surface area (Å²) >= 11 is 0. The zero-order chi connectivity index (χ0) is 26.9. The number of anilines is 1. The minimum atomic E-state index is -0.552. The Morgan fingerprint density at radius 1 is 1.11 bits per heavy atom. The van der Waals surface area contributed by atoms with Crippen LogP contribution in [0.15, 0.2) is 18.2 Å². The molecule has 0 aliphatic carbocycles. The van der Waals surface area contributed by atoms with E-state index >= 15 is 0 Å². The van der Waals surface area contributed by atoms with Crippen LogP contribution < -0.4 is 10.6 Å². The van der Waals surface area contributed by atoms with Crippen LogP contribution in [0.25, 0.3) is 0 Å². The Morgan fingerprint density at radius 2 is 1.81 bits per heavy atom. The van der Waals surface area contributed by atoms with Crippen molar-refractivity contribution in [2.45, 2.75) is 65.5 Å². The van der Waals surface area contributed by atoms with Crippen molar-refractivity contribution in [1.82, 2.24) is 9.80 Å². The predicted molar refractivity (Wildman–Crippen MR) is 145 cm³/mol. The number of carbonyl (C=O) groups excluding carboxylic acids is 3. The highest BCUT2D eigenvalue weighted by Gasteiger charge is 2.53. The summed E-state index contributed by atoms with van der Waals surface area (Å²) in [5.74, 6) is -0.598. The third kappa shape index (κ3) is 5.70. The van der Waals surface area contributed by atoms with Crippen LogP contribution >= 0.6 is 0 Å². The van der Waals surface area contributed by atoms with Crippen LogP contribution in [0.4, 0.5) is 5.69 Å². The Bertz CT molecular complexity index is 1000. The third-order valence-corrected chi connectivity index (χ3v) is 8.32. The Balaban J connectivity index is 1.68. The van der Waals surface area contributed by atoms with E-state index in [9.17, 15) is 14.4 Å². The van der Waals surface area contributed by atoms with Gasteiger partial charge in [0.2, 0.25) is 11.8 Å². The molecule has 3 fully saturated rings. The van der Waals surface area contributed by atoms with Crippen LogP contribution in [0.5, 0.6) is 0 Å². The highest BCUT2D eigenvalue weighted by Crippen LogP contribution is 2.40. The number of Topliss-reactive ketones (excluding diaryl/α,β-unsaturated/α-hetero) is 1. The number of hydrogen-bond acceptors (Lipinski definition) is 6. The van der Waals surface area contributed by atoms with Gasteiger partial charge in [0.05, 0.1) is 12.0 Å². The van der Waals surface area contributed by atoms with Crippen LogP contribution in [-0.2, 0) is 14.3 Å². The van der Waals surface area contributed by atoms with Crippen LogP contribution in [-0.4, -0.2) is 85.4 Å². The van der Waals surface area contributed by atoms with Gasteiger partial charge in [-0.3, -0.25) is 19.3 Å². The molecule has 4 rings (SSSR count). The SMILES string of the molecule is CCCN1CCN(c2ccc(C(N)=O)c([C@H](CC(C)C)C(=O)N3C[C@@H](C(C)C)[C@H]4OCC(=O)[C@H]43)c2)CC1. The summed E-state index contributed by atoms with van der Waals surface area (Å²) in [6.07, 6.45) is 1.46. The second kappa shape index (κ2) is 11.5. The number of ketones is 1. The van der Waals surface area contributed by atoms with E-state index in [2.05, 4.69) is 44.4 Å². The fourth-order valence-corrected chi connectivity index (χ4v) is 6.35. The van der Waals surface area contributed by atoms with E-state index < -0.39 is 17.9 Å². The molecule has 1 aromatic carbocycles. The van der Waals surface area contributed by atoms with Gasteiger partial charge in [-0.1, -0.05) is 34.6 Å². The highest BCUT2D eigenvalue weighted by atomic mass is 16.5. The van der Waals surface area contributed by atoms with Crippen molar-refractivity contribution < 1.29 is 19.1 Å². The van der Waals surface area contributed by atoms with Crippen molar-refractivity contribution >= 4 is 23.3 Å². The van der Waals surface area contributed by atoms with Gasteiger partial charge < -0.3 is 20.3 Å². The number of likely N-dealkylation sites (tertiary alicyclic amines) is 1. The van der Waals surface area contributed by atoms with Gasteiger partial charge in [0, 0.05) is 49.9 Å². The molecule has 2 N–H and O–H groups in total. The molecule has 2 amide bonds. The van der Waals surface area contributed by atoms with Crippen LogP contribution in [0.1, 0.15) is 69.3 Å². The first-order chi connectivity index (χ1) is 17.6. The standard InChI is InChI=1S/C29H44N4O4/c1-6-9-31-10-12-32(13-11-31)20-7-8-21(28(30)35)22(15-20)23(14-18(2)3)29(36)33-16-24(19(4)5)27-26(33)25(34)17-37-27/h7-8,15,18-19,23-24,26-27H,6,9-14,16-17H2,1-5H3,(H2,30,35)/t23-,24-,26+,27+/m0/s1. The maximum atomic E-state index is 14.3. The van der Waals surface area contributed by atoms with Gasteiger partial charge in [0.15, 0.2) is 5.78 Å². The van der Waals surface area contributed by atoms with E-state index in [4.69, 9.17) is 10.5 Å². The maximum Gasteiger partial charge on any atom is 0.249 e. The summed E-state index contributed by atoms with van der Waals surface area (Å²) in [7, 11) is 0. The number of amides is 2. The summed E-state index contributed by atoms with van der Waals surface area (Å²) < 4.78 is 5.87. The van der Waals surface area contributed by atoms with Crippen LogP contribution in [0, 0.1) is 17.8 Å². The number of piperazine rings is 1. The molecular formula is C29H44N4O4. The highest BCUT2D eigenvalue weighted by molar-refractivity contribution is 5.99. The number of rotatable bonds is 9. The Labute approximate surface area is 221 Å². The lowest BCUT2D eigenvalue weighted by molar-refractivity contribution is -0.138. The van der Waals surface area contributed by atoms with E-state index in [1.54, 1.807) is 11.0 Å². The average Bonchev–Trinajstić information content (AvgIpc) is 3.43. The van der Waals surface area contributed by atoms with Crippen molar-refractivity contribution in [1.29, 1.82) is 0 Å². The molecule has 8 nitrogen and oxygen atoms in total. The van der Waals surface area contributed by atoms with Crippen molar-refractivity contribution in [2.75, 3.05) is 50.8 Å². The van der Waals surface area contributed by atoms with Gasteiger partial charge in [0.25, 0.3) is 0 Å². The molecule has 3 heterocycles. The zero-order valence-corrected chi connectivity index (χ0v) is 23.1. The van der Waals surface area contributed by atoms with Gasteiger partial charge in [-0.05, 0) is 55.0 Å². The molecule has 3 aliphatic heterocycles. The van der Waals surface area contributed by atoms with Gasteiger partial charge in [0.1, 0.15) is 12.6 Å². The number of carbonyl (C=O) groups is 3. The molecule has 0 spiro atoms. The van der Waals surface area contributed by atoms with Crippen molar-refractivity contribution in [3.63, 3.8) is 0 Å². The van der Waals surface area contributed by atoms with Gasteiger partial charge in [-0.15, -0.1) is 0 Å². The lowest BCUT2D eigenvalue weighted by atomic mass is 9.85. The number of fused-ring (bicyclic) bond motifs is 1. The second-order valence-corrected chi connectivity index (χ2v) is 11.7. The summed E-state index contributed by atoms with van der Waals surface area (Å²) in [5, 5.41) is 0. The molecule has 8 heteroatoms. The van der Waals surface area contributed by atoms with Crippen LogP contribution in [0.2, 0.25) is 0 Å². The van der Waals surface area contributed by atoms with Crippen LogP contribution in [0.3, 0.4) is 0 Å². The lowest BCUT2D eigenvalue weighted by Crippen LogP contribution is -2.46. The second-order valence-electron chi connectivity index (χ2n) is 11.7. The predicted octanol–water partition coefficient (Wildman–Crippen LogP) is 2.90. The van der Waals surface area contributed by atoms with Crippen molar-refractivity contribution in [3.05, 3.63) is 29.3 Å². The van der Waals surface area contributed by atoms with Gasteiger partial charge in [-0.2, -0.15) is 0 Å². The van der Waals surface area contributed by atoms with E-state index in [0.717, 1.165) is 44.8 Å². The molecule has 3 aliphatic rings. The molecule has 0 radical (unpaired) electrons. The zero-order valence-electron chi connectivity index (χ0n) is 23.1. The number of nitrogens with zero attached hydrogens (tertiary/aromatic N) is 3. The number of ether oxygens (including phenoxy) is 1. The van der Waals surface area contributed by atoms with Gasteiger partial charge >= 0.3 is 0 Å². The third-order valence-electron chi connectivity index (χ3n) is 8.32. The summed E-state index contributed by atoms with van der Waals surface area (Å²) in [6, 6.07) is 5.19. The molecule has 4 atom stereocenters. The van der Waals surface area contributed by atoms with E-state index in [0.29, 0.717) is 24.1 Å². The average molecular weight is 513 g/mol. The first kappa shape index (κ1) is 27.6. The summed E-state index contributed by atoms with van der Waals surface area (Å²) in [5.41, 5.74) is 7.90. The molecule has 204 valence electrons. The molecule has 0 aromatic heterocycles. The molecule has 0 bridgehead atoms. The topological polar surface area (TPSA) is 96.2 Å². The Kier molecular flexibility index (Phi) is 8.59. The molecule has 3 saturated heterocycles. The number of hydrogen-bond donors (Lipinski definition) is 1. The quantitative estimate of drug-likeness (QED) is 0.547. The number of nitrogens with two attached hydrogens (primary N) is 1. The Morgan fingerprint density at radius 3 is 2.41 bits per heavy atom. The lowest BCUT2D eigenvalue weighted by Gasteiger charge is -2.36. The molecule has 37 heavy (non-hydrogen) atoms. The first-order valence-electron chi connectivity index (χ1n) is 14.0. The van der Waals surface area contributed by atoms with E-state index in [-0.39, 0.29) is 42.2 Å². The van der Waals surface area contributed by atoms with E-state index in [1.165, 1.54) is 0 Å². The monoisotopic (exact) mass is 512 g/mol. The Hall–Kier alpha value is -2.45. The molecule has 1 aromatic rings. The fraction of sp³-hybridized carbons (Fsp3) is 0.690. The fourth-order valence-electron chi connectivity index (χ4n) is 6.35.